The van der Waals surface area contributed by atoms with Crippen molar-refractivity contribution in [1.29, 1.82) is 0 Å². The summed E-state index contributed by atoms with van der Waals surface area (Å²) in [5.74, 6) is 0.170. The Hall–Kier alpha value is -1.46. The second kappa shape index (κ2) is 7.00. The van der Waals surface area contributed by atoms with Gasteiger partial charge >= 0.3 is 0 Å². The highest BCUT2D eigenvalue weighted by molar-refractivity contribution is 7.90. The van der Waals surface area contributed by atoms with Crippen LogP contribution in [0, 0.1) is 0 Å². The molecule has 0 aliphatic rings. The van der Waals surface area contributed by atoms with Crippen molar-refractivity contribution in [2.24, 2.45) is 0 Å². The molecule has 2 rings (SSSR count). The molecular formula is C16H22N2O2S. The van der Waals surface area contributed by atoms with Crippen LogP contribution in [0.25, 0.3) is 10.9 Å². The highest BCUT2D eigenvalue weighted by Crippen LogP contribution is 2.19. The number of nitrogens with one attached hydrogen (secondary N) is 1. The quantitative estimate of drug-likeness (QED) is 0.854. The molecule has 21 heavy (non-hydrogen) atoms. The van der Waals surface area contributed by atoms with Crippen molar-refractivity contribution in [3.63, 3.8) is 0 Å². The fourth-order valence-electron chi connectivity index (χ4n) is 2.28. The number of fused-ring (bicyclic) bond motifs is 1. The van der Waals surface area contributed by atoms with Gasteiger partial charge in [-0.25, -0.2) is 8.42 Å². The van der Waals surface area contributed by atoms with Crippen molar-refractivity contribution in [1.82, 2.24) is 10.3 Å². The molecule has 0 saturated heterocycles. The third-order valence-corrected chi connectivity index (χ3v) is 4.37. The Balaban J connectivity index is 2.24. The Morgan fingerprint density at radius 3 is 2.67 bits per heavy atom. The number of pyridine rings is 1. The van der Waals surface area contributed by atoms with E-state index in [-0.39, 0.29) is 11.8 Å². The fraction of sp³-hybridized carbons (Fsp3) is 0.438. The number of nitrogens with zero attached hydrogens (tertiary/aromatic N) is 1. The summed E-state index contributed by atoms with van der Waals surface area (Å²) in [6.07, 6.45) is 2.82. The summed E-state index contributed by atoms with van der Waals surface area (Å²) < 4.78 is 22.8. The van der Waals surface area contributed by atoms with E-state index in [1.807, 2.05) is 36.4 Å². The van der Waals surface area contributed by atoms with Crippen LogP contribution in [0.4, 0.5) is 0 Å². The first-order valence-corrected chi connectivity index (χ1v) is 9.32. The van der Waals surface area contributed by atoms with Crippen molar-refractivity contribution in [3.8, 4) is 0 Å². The average Bonchev–Trinajstić information content (AvgIpc) is 2.46. The van der Waals surface area contributed by atoms with Crippen molar-refractivity contribution < 1.29 is 8.42 Å². The van der Waals surface area contributed by atoms with Gasteiger partial charge in [-0.05, 0) is 31.5 Å². The first-order valence-electron chi connectivity index (χ1n) is 7.26. The van der Waals surface area contributed by atoms with E-state index in [1.165, 1.54) is 6.26 Å². The van der Waals surface area contributed by atoms with Crippen LogP contribution < -0.4 is 5.32 Å². The molecule has 1 atom stereocenters. The van der Waals surface area contributed by atoms with Gasteiger partial charge in [-0.2, -0.15) is 0 Å². The Morgan fingerprint density at radius 1 is 1.19 bits per heavy atom. The first-order chi connectivity index (χ1) is 9.99. The summed E-state index contributed by atoms with van der Waals surface area (Å²) in [4.78, 5) is 4.67. The Kier molecular flexibility index (Phi) is 5.31. The number of para-hydroxylation sites is 1. The van der Waals surface area contributed by atoms with E-state index >= 15 is 0 Å². The van der Waals surface area contributed by atoms with E-state index in [1.54, 1.807) is 0 Å². The molecule has 0 radical (unpaired) electrons. The van der Waals surface area contributed by atoms with Gasteiger partial charge < -0.3 is 5.32 Å². The maximum Gasteiger partial charge on any atom is 0.147 e. The van der Waals surface area contributed by atoms with E-state index in [2.05, 4.69) is 17.2 Å². The fourth-order valence-corrected chi connectivity index (χ4v) is 2.94. The van der Waals surface area contributed by atoms with E-state index in [4.69, 9.17) is 0 Å². The van der Waals surface area contributed by atoms with Crippen LogP contribution in [0.1, 0.15) is 31.5 Å². The van der Waals surface area contributed by atoms with Crippen LogP contribution in [0.3, 0.4) is 0 Å². The second-order valence-corrected chi connectivity index (χ2v) is 7.61. The summed E-state index contributed by atoms with van der Waals surface area (Å²) in [5, 5.41) is 4.49. The van der Waals surface area contributed by atoms with Gasteiger partial charge in [-0.3, -0.25) is 4.98 Å². The monoisotopic (exact) mass is 306 g/mol. The Bertz CT molecular complexity index is 698. The molecule has 1 N–H and O–H groups in total. The lowest BCUT2D eigenvalue weighted by molar-refractivity contribution is 0.504. The molecule has 1 aromatic heterocycles. The van der Waals surface area contributed by atoms with Crippen LogP contribution in [-0.4, -0.2) is 32.0 Å². The third-order valence-electron chi connectivity index (χ3n) is 3.40. The molecule has 0 spiro atoms. The van der Waals surface area contributed by atoms with Gasteiger partial charge in [-0.1, -0.05) is 31.2 Å². The normalized spacial score (nSPS) is 13.4. The van der Waals surface area contributed by atoms with Crippen molar-refractivity contribution >= 4 is 20.7 Å². The molecular weight excluding hydrogens is 284 g/mol. The van der Waals surface area contributed by atoms with Crippen LogP contribution in [0.15, 0.2) is 36.4 Å². The maximum atomic E-state index is 11.4. The van der Waals surface area contributed by atoms with Gasteiger partial charge in [0.15, 0.2) is 0 Å². The second-order valence-electron chi connectivity index (χ2n) is 5.35. The third kappa shape index (κ3) is 4.79. The summed E-state index contributed by atoms with van der Waals surface area (Å²) in [6.45, 7) is 2.94. The molecule has 114 valence electrons. The number of aromatic nitrogens is 1. The average molecular weight is 306 g/mol. The first kappa shape index (κ1) is 15.9. The van der Waals surface area contributed by atoms with Gasteiger partial charge in [0.1, 0.15) is 9.84 Å². The largest absolute Gasteiger partial charge is 0.309 e. The SMILES string of the molecule is CCCNC(CCS(C)(=O)=O)c1ccc2ccccc2n1. The molecule has 5 heteroatoms. The van der Waals surface area contributed by atoms with Gasteiger partial charge in [-0.15, -0.1) is 0 Å². The smallest absolute Gasteiger partial charge is 0.147 e. The number of benzene rings is 1. The van der Waals surface area contributed by atoms with Crippen molar-refractivity contribution in [2.75, 3.05) is 18.6 Å². The van der Waals surface area contributed by atoms with Crippen LogP contribution in [0.5, 0.6) is 0 Å². The predicted molar refractivity (Wildman–Crippen MR) is 87.1 cm³/mol. The summed E-state index contributed by atoms with van der Waals surface area (Å²) in [5.41, 5.74) is 1.85. The lowest BCUT2D eigenvalue weighted by atomic mass is 10.1. The van der Waals surface area contributed by atoms with Gasteiger partial charge in [0.2, 0.25) is 0 Å². The Morgan fingerprint density at radius 2 is 1.95 bits per heavy atom. The van der Waals surface area contributed by atoms with E-state index in [0.29, 0.717) is 6.42 Å². The zero-order chi connectivity index (χ0) is 15.3. The van der Waals surface area contributed by atoms with Crippen LogP contribution >= 0.6 is 0 Å². The summed E-state index contributed by atoms with van der Waals surface area (Å²) in [6, 6.07) is 12.0. The molecule has 2 aromatic rings. The maximum absolute atomic E-state index is 11.4. The van der Waals surface area contributed by atoms with Gasteiger partial charge in [0.25, 0.3) is 0 Å². The molecule has 0 amide bonds. The summed E-state index contributed by atoms with van der Waals surface area (Å²) >= 11 is 0. The highest BCUT2D eigenvalue weighted by Gasteiger charge is 2.15. The molecule has 0 saturated carbocycles. The van der Waals surface area contributed by atoms with E-state index in [9.17, 15) is 8.42 Å². The topological polar surface area (TPSA) is 59.1 Å². The van der Waals surface area contributed by atoms with Crippen molar-refractivity contribution in [3.05, 3.63) is 42.1 Å². The number of sulfone groups is 1. The molecule has 0 aliphatic heterocycles. The molecule has 1 unspecified atom stereocenters. The minimum absolute atomic E-state index is 0.0238. The number of hydrogen-bond acceptors (Lipinski definition) is 4. The van der Waals surface area contributed by atoms with Crippen LogP contribution in [-0.2, 0) is 9.84 Å². The van der Waals surface area contributed by atoms with E-state index in [0.717, 1.165) is 29.6 Å². The lowest BCUT2D eigenvalue weighted by Gasteiger charge is -2.18. The van der Waals surface area contributed by atoms with Crippen LogP contribution in [0.2, 0.25) is 0 Å². The predicted octanol–water partition coefficient (Wildman–Crippen LogP) is 2.71. The summed E-state index contributed by atoms with van der Waals surface area (Å²) in [7, 11) is -2.96. The molecule has 1 aromatic carbocycles. The molecule has 0 aliphatic carbocycles. The molecule has 0 bridgehead atoms. The zero-order valence-electron chi connectivity index (χ0n) is 12.5. The molecule has 1 heterocycles. The Labute approximate surface area is 126 Å². The number of rotatable bonds is 7. The minimum Gasteiger partial charge on any atom is -0.309 e. The zero-order valence-corrected chi connectivity index (χ0v) is 13.4. The minimum atomic E-state index is -2.96. The van der Waals surface area contributed by atoms with E-state index < -0.39 is 9.84 Å². The number of hydrogen-bond donors (Lipinski definition) is 1. The highest BCUT2D eigenvalue weighted by atomic mass is 32.2. The molecule has 0 fully saturated rings. The van der Waals surface area contributed by atoms with Gasteiger partial charge in [0, 0.05) is 11.6 Å². The lowest BCUT2D eigenvalue weighted by Crippen LogP contribution is -2.25. The molecule has 4 nitrogen and oxygen atoms in total. The van der Waals surface area contributed by atoms with Crippen molar-refractivity contribution in [2.45, 2.75) is 25.8 Å². The van der Waals surface area contributed by atoms with Gasteiger partial charge in [0.05, 0.1) is 23.0 Å². The standard InChI is InChI=1S/C16H22N2O2S/c1-3-11-17-15(10-12-21(2,19)20)16-9-8-13-6-4-5-7-14(13)18-16/h4-9,15,17H,3,10-12H2,1-2H3.